The van der Waals surface area contributed by atoms with Crippen LogP contribution < -0.4 is 10.7 Å². The van der Waals surface area contributed by atoms with E-state index < -0.39 is 0 Å². The fourth-order valence-electron chi connectivity index (χ4n) is 2.14. The molecular formula is C9H15N5O. The molecule has 0 aromatic heterocycles. The number of rotatable bonds is 1. The number of hydrogen-bond donors (Lipinski definition) is 2. The number of piperazine rings is 1. The van der Waals surface area contributed by atoms with Crippen molar-refractivity contribution in [3.05, 3.63) is 12.3 Å². The van der Waals surface area contributed by atoms with Gasteiger partial charge in [0, 0.05) is 25.8 Å². The number of nitrogens with zero attached hydrogens (tertiary/aromatic N) is 3. The van der Waals surface area contributed by atoms with Gasteiger partial charge < -0.3 is 10.1 Å². The van der Waals surface area contributed by atoms with E-state index >= 15 is 0 Å². The predicted molar refractivity (Wildman–Crippen MR) is 55.7 cm³/mol. The normalized spacial score (nSPS) is 28.9. The largest absolute Gasteiger partial charge is 0.377 e. The minimum Gasteiger partial charge on any atom is -0.377 e. The molecule has 2 saturated heterocycles. The molecule has 0 aromatic carbocycles. The Morgan fingerprint density at radius 2 is 2.33 bits per heavy atom. The van der Waals surface area contributed by atoms with Gasteiger partial charge in [-0.2, -0.15) is 5.01 Å². The van der Waals surface area contributed by atoms with Crippen LogP contribution in [0.2, 0.25) is 0 Å². The standard InChI is InChI=1S/C9H15N5O/c1-2-11-14(12-3-1)13-5-4-10-6-9(13)7-15-8-9/h1-3,10-11H,4-8H2. The molecule has 0 amide bonds. The molecule has 3 rings (SSSR count). The van der Waals surface area contributed by atoms with Crippen molar-refractivity contribution in [2.75, 3.05) is 32.8 Å². The summed E-state index contributed by atoms with van der Waals surface area (Å²) >= 11 is 0. The molecule has 15 heavy (non-hydrogen) atoms. The Labute approximate surface area is 88.5 Å². The van der Waals surface area contributed by atoms with E-state index in [9.17, 15) is 0 Å². The van der Waals surface area contributed by atoms with Crippen LogP contribution in [-0.2, 0) is 4.74 Å². The van der Waals surface area contributed by atoms with Gasteiger partial charge >= 0.3 is 0 Å². The van der Waals surface area contributed by atoms with Gasteiger partial charge in [-0.15, -0.1) is 10.3 Å². The first kappa shape index (κ1) is 9.14. The molecule has 0 bridgehead atoms. The van der Waals surface area contributed by atoms with Gasteiger partial charge in [0.25, 0.3) is 0 Å². The zero-order valence-electron chi connectivity index (χ0n) is 8.52. The average molecular weight is 209 g/mol. The highest BCUT2D eigenvalue weighted by atomic mass is 16.5. The van der Waals surface area contributed by atoms with E-state index in [1.54, 1.807) is 6.21 Å². The number of hydrazone groups is 1. The van der Waals surface area contributed by atoms with Crippen LogP contribution in [0.25, 0.3) is 0 Å². The smallest absolute Gasteiger partial charge is 0.103 e. The number of hydrazine groups is 2. The van der Waals surface area contributed by atoms with Crippen molar-refractivity contribution in [2.24, 2.45) is 5.10 Å². The summed E-state index contributed by atoms with van der Waals surface area (Å²) in [5.74, 6) is 0. The summed E-state index contributed by atoms with van der Waals surface area (Å²) < 4.78 is 5.33. The average Bonchev–Trinajstić information content (AvgIpc) is 2.28. The van der Waals surface area contributed by atoms with Gasteiger partial charge in [0.2, 0.25) is 0 Å². The number of hydrogen-bond acceptors (Lipinski definition) is 6. The Morgan fingerprint density at radius 1 is 1.40 bits per heavy atom. The van der Waals surface area contributed by atoms with E-state index in [1.807, 2.05) is 17.5 Å². The second-order valence-corrected chi connectivity index (χ2v) is 4.06. The van der Waals surface area contributed by atoms with E-state index in [4.69, 9.17) is 4.74 Å². The molecule has 0 saturated carbocycles. The topological polar surface area (TPSA) is 52.1 Å². The molecule has 3 heterocycles. The van der Waals surface area contributed by atoms with Crippen molar-refractivity contribution in [3.63, 3.8) is 0 Å². The predicted octanol–water partition coefficient (Wildman–Crippen LogP) is -1.10. The summed E-state index contributed by atoms with van der Waals surface area (Å²) in [4.78, 5) is 0. The van der Waals surface area contributed by atoms with Crippen LogP contribution in [0.3, 0.4) is 0 Å². The SMILES string of the molecule is C1=CNN(N2CCNCC23COC3)N=C1. The Bertz CT molecular complexity index is 299. The van der Waals surface area contributed by atoms with Crippen LogP contribution in [0.5, 0.6) is 0 Å². The first-order valence-electron chi connectivity index (χ1n) is 5.22. The second kappa shape index (κ2) is 3.48. The van der Waals surface area contributed by atoms with Gasteiger partial charge in [0.1, 0.15) is 5.54 Å². The van der Waals surface area contributed by atoms with Gasteiger partial charge in [-0.25, -0.2) is 0 Å². The summed E-state index contributed by atoms with van der Waals surface area (Å²) in [6.07, 6.45) is 5.54. The van der Waals surface area contributed by atoms with Gasteiger partial charge in [0.15, 0.2) is 0 Å². The molecule has 0 atom stereocenters. The molecule has 3 aliphatic rings. The molecule has 0 radical (unpaired) electrons. The second-order valence-electron chi connectivity index (χ2n) is 4.06. The molecule has 1 spiro atoms. The van der Waals surface area contributed by atoms with Crippen LogP contribution in [0.4, 0.5) is 0 Å². The number of nitrogens with one attached hydrogen (secondary N) is 2. The third kappa shape index (κ3) is 1.41. The lowest BCUT2D eigenvalue weighted by Crippen LogP contribution is -2.75. The molecule has 0 aromatic rings. The Kier molecular flexibility index (Phi) is 2.12. The maximum atomic E-state index is 5.33. The molecule has 82 valence electrons. The molecular weight excluding hydrogens is 194 g/mol. The summed E-state index contributed by atoms with van der Waals surface area (Å²) in [5.41, 5.74) is 3.20. The van der Waals surface area contributed by atoms with Crippen molar-refractivity contribution in [1.29, 1.82) is 0 Å². The molecule has 0 unspecified atom stereocenters. The number of ether oxygens (including phenoxy) is 1. The fourth-order valence-corrected chi connectivity index (χ4v) is 2.14. The van der Waals surface area contributed by atoms with Crippen molar-refractivity contribution in [1.82, 2.24) is 21.0 Å². The van der Waals surface area contributed by atoms with Crippen molar-refractivity contribution < 1.29 is 4.74 Å². The Morgan fingerprint density at radius 3 is 3.00 bits per heavy atom. The molecule has 2 fully saturated rings. The number of allylic oxidation sites excluding steroid dienone is 1. The van der Waals surface area contributed by atoms with Crippen molar-refractivity contribution >= 4 is 6.21 Å². The lowest BCUT2D eigenvalue weighted by molar-refractivity contribution is -0.235. The minimum absolute atomic E-state index is 0.0910. The van der Waals surface area contributed by atoms with Crippen LogP contribution >= 0.6 is 0 Å². The molecule has 3 aliphatic heterocycles. The van der Waals surface area contributed by atoms with Crippen molar-refractivity contribution in [2.45, 2.75) is 5.54 Å². The van der Waals surface area contributed by atoms with Gasteiger partial charge in [-0.1, -0.05) is 0 Å². The van der Waals surface area contributed by atoms with Crippen LogP contribution in [0.1, 0.15) is 0 Å². The molecule has 2 N–H and O–H groups in total. The molecule has 6 heteroatoms. The maximum absolute atomic E-state index is 5.33. The highest BCUT2D eigenvalue weighted by Crippen LogP contribution is 2.27. The highest BCUT2D eigenvalue weighted by Gasteiger charge is 2.48. The van der Waals surface area contributed by atoms with E-state index in [-0.39, 0.29) is 5.54 Å². The summed E-state index contributed by atoms with van der Waals surface area (Å²) in [5, 5.41) is 11.7. The van der Waals surface area contributed by atoms with E-state index in [0.717, 1.165) is 32.8 Å². The lowest BCUT2D eigenvalue weighted by Gasteiger charge is -2.54. The lowest BCUT2D eigenvalue weighted by atomic mass is 9.94. The van der Waals surface area contributed by atoms with E-state index in [0.29, 0.717) is 0 Å². The van der Waals surface area contributed by atoms with E-state index in [1.165, 1.54) is 0 Å². The zero-order valence-corrected chi connectivity index (χ0v) is 8.52. The first-order valence-corrected chi connectivity index (χ1v) is 5.22. The third-order valence-electron chi connectivity index (χ3n) is 3.02. The van der Waals surface area contributed by atoms with Gasteiger partial charge in [-0.3, -0.25) is 5.43 Å². The van der Waals surface area contributed by atoms with Crippen molar-refractivity contribution in [3.8, 4) is 0 Å². The molecule has 6 nitrogen and oxygen atoms in total. The van der Waals surface area contributed by atoms with Crippen LogP contribution in [0.15, 0.2) is 17.4 Å². The first-order chi connectivity index (χ1) is 7.41. The monoisotopic (exact) mass is 209 g/mol. The Hall–Kier alpha value is -1.11. The fraction of sp³-hybridized carbons (Fsp3) is 0.667. The van der Waals surface area contributed by atoms with Gasteiger partial charge in [-0.05, 0) is 6.08 Å². The highest BCUT2D eigenvalue weighted by molar-refractivity contribution is 5.70. The minimum atomic E-state index is 0.0910. The summed E-state index contributed by atoms with van der Waals surface area (Å²) in [7, 11) is 0. The summed E-state index contributed by atoms with van der Waals surface area (Å²) in [6.45, 7) is 4.44. The quantitative estimate of drug-likeness (QED) is 0.574. The van der Waals surface area contributed by atoms with Crippen LogP contribution in [0, 0.1) is 0 Å². The zero-order chi connectivity index (χ0) is 10.1. The Balaban J connectivity index is 1.77. The molecule has 0 aliphatic carbocycles. The summed E-state index contributed by atoms with van der Waals surface area (Å²) in [6, 6.07) is 0. The third-order valence-corrected chi connectivity index (χ3v) is 3.02. The van der Waals surface area contributed by atoms with Gasteiger partial charge in [0.05, 0.1) is 19.4 Å². The maximum Gasteiger partial charge on any atom is 0.103 e. The van der Waals surface area contributed by atoms with Crippen LogP contribution in [-0.4, -0.2) is 54.8 Å². The van der Waals surface area contributed by atoms with E-state index in [2.05, 4.69) is 20.9 Å².